The van der Waals surface area contributed by atoms with Gasteiger partial charge in [0.25, 0.3) is 0 Å². The van der Waals surface area contributed by atoms with Crippen molar-refractivity contribution in [3.63, 3.8) is 0 Å². The Bertz CT molecular complexity index is 121. The van der Waals surface area contributed by atoms with Crippen molar-refractivity contribution in [1.29, 1.82) is 5.26 Å². The SMILES string of the molecule is C=O.[C-]#N.c1ccccc1. The maximum Gasteiger partial charge on any atom is 0.106 e. The molecule has 0 radical (unpaired) electrons. The Labute approximate surface area is 60.7 Å². The summed E-state index contributed by atoms with van der Waals surface area (Å²) in [6.07, 6.45) is 0. The lowest BCUT2D eigenvalue weighted by Gasteiger charge is -1.69. The lowest BCUT2D eigenvalue weighted by molar-refractivity contribution is -0.0979. The molecular formula is C8H8NO-. The van der Waals surface area contributed by atoms with Gasteiger partial charge in [-0.1, -0.05) is 36.4 Å². The van der Waals surface area contributed by atoms with Crippen molar-refractivity contribution in [2.45, 2.75) is 0 Å². The van der Waals surface area contributed by atoms with Gasteiger partial charge >= 0.3 is 0 Å². The van der Waals surface area contributed by atoms with Crippen molar-refractivity contribution < 1.29 is 4.79 Å². The van der Waals surface area contributed by atoms with E-state index in [-0.39, 0.29) is 0 Å². The highest BCUT2D eigenvalue weighted by molar-refractivity contribution is 5.11. The average molecular weight is 134 g/mol. The Morgan fingerprint density at radius 3 is 1.00 bits per heavy atom. The van der Waals surface area contributed by atoms with Gasteiger partial charge in [-0.3, -0.25) is 0 Å². The Balaban J connectivity index is 0. The summed E-state index contributed by atoms with van der Waals surface area (Å²) in [4.78, 5) is 8.00. The molecule has 0 bridgehead atoms. The van der Waals surface area contributed by atoms with Gasteiger partial charge < -0.3 is 16.6 Å². The number of carbonyl (C=O) groups excluding carboxylic acids is 1. The van der Waals surface area contributed by atoms with Gasteiger partial charge in [-0.15, -0.1) is 0 Å². The second kappa shape index (κ2) is 15.7. The van der Waals surface area contributed by atoms with Crippen LogP contribution in [0.15, 0.2) is 36.4 Å². The molecule has 0 aromatic heterocycles. The number of rotatable bonds is 0. The van der Waals surface area contributed by atoms with E-state index in [9.17, 15) is 0 Å². The Hall–Kier alpha value is -1.62. The van der Waals surface area contributed by atoms with E-state index in [0.717, 1.165) is 0 Å². The molecule has 0 fully saturated rings. The van der Waals surface area contributed by atoms with Crippen LogP contribution < -0.4 is 0 Å². The number of carbonyl (C=O) groups is 1. The molecule has 1 rings (SSSR count). The fourth-order valence-corrected chi connectivity index (χ4v) is 0.385. The van der Waals surface area contributed by atoms with Gasteiger partial charge in [0.2, 0.25) is 0 Å². The van der Waals surface area contributed by atoms with Crippen LogP contribution in [0.25, 0.3) is 0 Å². The van der Waals surface area contributed by atoms with Gasteiger partial charge in [-0.25, -0.2) is 0 Å². The van der Waals surface area contributed by atoms with Crippen molar-refractivity contribution in [3.8, 4) is 0 Å². The predicted octanol–water partition coefficient (Wildman–Crippen LogP) is 1.60. The zero-order chi connectivity index (χ0) is 8.24. The highest BCUT2D eigenvalue weighted by Crippen LogP contribution is 1.79. The lowest BCUT2D eigenvalue weighted by Crippen LogP contribution is -1.47. The Morgan fingerprint density at radius 2 is 0.900 bits per heavy atom. The highest BCUT2D eigenvalue weighted by atomic mass is 16.1. The molecule has 0 N–H and O–H groups in total. The summed E-state index contributed by atoms with van der Waals surface area (Å²) in [5.41, 5.74) is 0. The van der Waals surface area contributed by atoms with E-state index in [1.54, 1.807) is 0 Å². The fraction of sp³-hybridized carbons (Fsp3) is 0. The third-order valence-corrected chi connectivity index (χ3v) is 0.667. The molecule has 0 heterocycles. The van der Waals surface area contributed by atoms with Crippen LogP contribution in [-0.2, 0) is 4.79 Å². The van der Waals surface area contributed by atoms with Crippen LogP contribution in [0.4, 0.5) is 0 Å². The first-order chi connectivity index (χ1) is 5.00. The van der Waals surface area contributed by atoms with E-state index in [1.807, 2.05) is 43.2 Å². The second-order valence-corrected chi connectivity index (χ2v) is 1.15. The Morgan fingerprint density at radius 1 is 0.800 bits per heavy atom. The normalized spacial score (nSPS) is 5.40. The van der Waals surface area contributed by atoms with Crippen LogP contribution in [0.1, 0.15) is 0 Å². The third kappa shape index (κ3) is 9.63. The van der Waals surface area contributed by atoms with Crippen LogP contribution in [0.3, 0.4) is 0 Å². The van der Waals surface area contributed by atoms with Crippen LogP contribution in [0.2, 0.25) is 0 Å². The maximum atomic E-state index is 8.00. The van der Waals surface area contributed by atoms with E-state index in [2.05, 4.69) is 0 Å². The highest BCUT2D eigenvalue weighted by Gasteiger charge is 1.57. The van der Waals surface area contributed by atoms with Gasteiger partial charge in [0.05, 0.1) is 0 Å². The molecule has 1 aromatic carbocycles. The minimum absolute atomic E-state index is 2.00. The van der Waals surface area contributed by atoms with Gasteiger partial charge in [0.15, 0.2) is 0 Å². The first-order valence-electron chi connectivity index (χ1n) is 2.51. The number of benzene rings is 1. The molecule has 2 heteroatoms. The molecule has 0 aliphatic carbocycles. The zero-order valence-electron chi connectivity index (χ0n) is 5.53. The summed E-state index contributed by atoms with van der Waals surface area (Å²) >= 11 is 0. The molecule has 0 saturated heterocycles. The monoisotopic (exact) mass is 134 g/mol. The second-order valence-electron chi connectivity index (χ2n) is 1.15. The molecule has 2 nitrogen and oxygen atoms in total. The van der Waals surface area contributed by atoms with Crippen molar-refractivity contribution >= 4 is 6.79 Å². The molecule has 10 heavy (non-hydrogen) atoms. The summed E-state index contributed by atoms with van der Waals surface area (Å²) in [7, 11) is 0. The van der Waals surface area contributed by atoms with Gasteiger partial charge in [0, 0.05) is 0 Å². The van der Waals surface area contributed by atoms with Crippen molar-refractivity contribution in [1.82, 2.24) is 0 Å². The molecule has 0 spiro atoms. The van der Waals surface area contributed by atoms with E-state index in [1.165, 1.54) is 0 Å². The van der Waals surface area contributed by atoms with Gasteiger partial charge in [-0.05, 0) is 0 Å². The van der Waals surface area contributed by atoms with Crippen molar-refractivity contribution in [2.75, 3.05) is 0 Å². The minimum Gasteiger partial charge on any atom is -0.512 e. The van der Waals surface area contributed by atoms with Gasteiger partial charge in [0.1, 0.15) is 6.79 Å². The summed E-state index contributed by atoms with van der Waals surface area (Å²) in [5.74, 6) is 0. The predicted molar refractivity (Wildman–Crippen MR) is 38.5 cm³/mol. The average Bonchev–Trinajstić information content (AvgIpc) is 2.14. The topological polar surface area (TPSA) is 40.9 Å². The van der Waals surface area contributed by atoms with Crippen LogP contribution >= 0.6 is 0 Å². The molecule has 0 aliphatic rings. The molecule has 0 amide bonds. The third-order valence-electron chi connectivity index (χ3n) is 0.667. The first-order valence-corrected chi connectivity index (χ1v) is 2.51. The molecule has 0 aliphatic heterocycles. The molecule has 1 aromatic rings. The Kier molecular flexibility index (Phi) is 17.6. The standard InChI is InChI=1S/C6H6.CN.CH2O/c1-2-4-6-5-3-1;2*1-2/h1-6H;;1H2/q;-1;. The summed E-state index contributed by atoms with van der Waals surface area (Å²) < 4.78 is 0. The van der Waals surface area contributed by atoms with Gasteiger partial charge in [-0.2, -0.15) is 0 Å². The smallest absolute Gasteiger partial charge is 0.106 e. The molecule has 0 unspecified atom stereocenters. The largest absolute Gasteiger partial charge is 0.512 e. The fourth-order valence-electron chi connectivity index (χ4n) is 0.385. The summed E-state index contributed by atoms with van der Waals surface area (Å²) in [5, 5.41) is 6.25. The van der Waals surface area contributed by atoms with E-state index in [4.69, 9.17) is 16.6 Å². The summed E-state index contributed by atoms with van der Waals surface area (Å²) in [6, 6.07) is 12.0. The molecular weight excluding hydrogens is 126 g/mol. The maximum absolute atomic E-state index is 8.00. The molecule has 0 saturated carbocycles. The van der Waals surface area contributed by atoms with Crippen molar-refractivity contribution in [3.05, 3.63) is 43.0 Å². The van der Waals surface area contributed by atoms with Crippen LogP contribution in [0, 0.1) is 11.8 Å². The van der Waals surface area contributed by atoms with E-state index >= 15 is 0 Å². The first kappa shape index (κ1) is 11.2. The number of nitrogens with zero attached hydrogens (tertiary/aromatic N) is 1. The molecule has 0 atom stereocenters. The van der Waals surface area contributed by atoms with Crippen LogP contribution in [0.5, 0.6) is 0 Å². The number of hydrogen-bond donors (Lipinski definition) is 0. The van der Waals surface area contributed by atoms with E-state index < -0.39 is 0 Å². The molecule has 52 valence electrons. The summed E-state index contributed by atoms with van der Waals surface area (Å²) in [6.45, 7) is 6.75. The minimum atomic E-state index is 2.00. The quantitative estimate of drug-likeness (QED) is 0.505. The number of hydrogen-bond acceptors (Lipinski definition) is 2. The van der Waals surface area contributed by atoms with Crippen molar-refractivity contribution in [2.24, 2.45) is 0 Å². The lowest BCUT2D eigenvalue weighted by atomic mass is 10.4. The van der Waals surface area contributed by atoms with Crippen LogP contribution in [-0.4, -0.2) is 6.79 Å². The zero-order valence-corrected chi connectivity index (χ0v) is 5.53. The van der Waals surface area contributed by atoms with E-state index in [0.29, 0.717) is 0 Å².